The van der Waals surface area contributed by atoms with E-state index in [2.05, 4.69) is 128 Å². The Morgan fingerprint density at radius 3 is 1.61 bits per heavy atom. The highest BCUT2D eigenvalue weighted by molar-refractivity contribution is 5.94. The maximum absolute atomic E-state index is 4.97. The van der Waals surface area contributed by atoms with Crippen molar-refractivity contribution in [3.05, 3.63) is 175 Å². The number of hydrogen-bond acceptors (Lipinski definition) is 4. The van der Waals surface area contributed by atoms with Crippen LogP contribution in [0.4, 0.5) is 0 Å². The minimum absolute atomic E-state index is 0.0686. The van der Waals surface area contributed by atoms with Gasteiger partial charge in [-0.2, -0.15) is 0 Å². The molecule has 0 spiro atoms. The minimum atomic E-state index is 0.0686. The van der Waals surface area contributed by atoms with Crippen LogP contribution in [0.1, 0.15) is 37.8 Å². The zero-order valence-electron chi connectivity index (χ0n) is 28.7. The summed E-state index contributed by atoms with van der Waals surface area (Å²) in [6.07, 6.45) is 10.6. The van der Waals surface area contributed by atoms with E-state index in [4.69, 9.17) is 15.0 Å². The summed E-state index contributed by atoms with van der Waals surface area (Å²) < 4.78 is 0. The van der Waals surface area contributed by atoms with Gasteiger partial charge in [0.15, 0.2) is 17.5 Å². The molecule has 0 saturated carbocycles. The SMILES string of the molecule is CC1(C)C2=C(C=CCC2)c2c(-c3ccc(-c4ccc(-c5nc(-c6ccccc6)nc(-c6ccc(-c7cccnc7)cc6)n5)cc4)cc3)cccc21. The van der Waals surface area contributed by atoms with Crippen molar-refractivity contribution in [3.63, 3.8) is 0 Å². The summed E-state index contributed by atoms with van der Waals surface area (Å²) in [4.78, 5) is 19.1. The lowest BCUT2D eigenvalue weighted by molar-refractivity contribution is 0.607. The molecule has 7 aromatic rings. The Balaban J connectivity index is 1.03. The summed E-state index contributed by atoms with van der Waals surface area (Å²) in [6, 6.07) is 46.8. The molecule has 0 unspecified atom stereocenters. The van der Waals surface area contributed by atoms with Crippen molar-refractivity contribution in [3.8, 4) is 67.5 Å². The monoisotopic (exact) mass is 656 g/mol. The van der Waals surface area contributed by atoms with Gasteiger partial charge < -0.3 is 0 Å². The van der Waals surface area contributed by atoms with Crippen molar-refractivity contribution in [1.82, 2.24) is 19.9 Å². The lowest BCUT2D eigenvalue weighted by Gasteiger charge is -2.25. The first kappa shape index (κ1) is 30.8. The van der Waals surface area contributed by atoms with E-state index in [0.29, 0.717) is 17.5 Å². The van der Waals surface area contributed by atoms with Crippen LogP contribution in [0.25, 0.3) is 73.1 Å². The maximum Gasteiger partial charge on any atom is 0.164 e. The molecule has 0 atom stereocenters. The Hall–Kier alpha value is -6.26. The van der Waals surface area contributed by atoms with Crippen molar-refractivity contribution < 1.29 is 0 Å². The van der Waals surface area contributed by atoms with Gasteiger partial charge in [0.05, 0.1) is 0 Å². The molecule has 0 amide bonds. The summed E-state index contributed by atoms with van der Waals surface area (Å²) in [5.74, 6) is 1.93. The van der Waals surface area contributed by atoms with Gasteiger partial charge in [-0.15, -0.1) is 0 Å². The number of benzene rings is 5. The molecule has 0 bridgehead atoms. The molecular formula is C47H36N4. The van der Waals surface area contributed by atoms with Crippen LogP contribution >= 0.6 is 0 Å². The largest absolute Gasteiger partial charge is 0.264 e. The van der Waals surface area contributed by atoms with Crippen LogP contribution in [-0.4, -0.2) is 19.9 Å². The highest BCUT2D eigenvalue weighted by Gasteiger charge is 2.38. The smallest absolute Gasteiger partial charge is 0.164 e. The standard InChI is InChI=1S/C47H36N4/c1-47(2)41-15-7-6-13-40(41)43-39(14-8-16-42(43)47)34-23-17-31(18-24-34)32-19-25-36(26-20-32)45-49-44(35-10-4-3-5-11-35)50-46(51-45)37-27-21-33(22-28-37)38-12-9-29-48-30-38/h3-6,8-14,16-30H,7,15H2,1-2H3. The molecule has 2 aromatic heterocycles. The Bertz CT molecular complexity index is 2440. The van der Waals surface area contributed by atoms with Crippen molar-refractivity contribution >= 4 is 5.57 Å². The van der Waals surface area contributed by atoms with Gasteiger partial charge in [0, 0.05) is 34.5 Å². The lowest BCUT2D eigenvalue weighted by Crippen LogP contribution is -2.17. The number of nitrogens with zero attached hydrogens (tertiary/aromatic N) is 4. The molecule has 0 saturated heterocycles. The quantitative estimate of drug-likeness (QED) is 0.179. The fraction of sp³-hybridized carbons (Fsp3) is 0.106. The second kappa shape index (κ2) is 12.6. The van der Waals surface area contributed by atoms with Crippen LogP contribution in [0.15, 0.2) is 164 Å². The molecule has 9 rings (SSSR count). The fourth-order valence-corrected chi connectivity index (χ4v) is 7.66. The first-order valence-electron chi connectivity index (χ1n) is 17.6. The average Bonchev–Trinajstić information content (AvgIpc) is 3.45. The van der Waals surface area contributed by atoms with Crippen molar-refractivity contribution in [2.75, 3.05) is 0 Å². The molecule has 0 fully saturated rings. The summed E-state index contributed by atoms with van der Waals surface area (Å²) >= 11 is 0. The van der Waals surface area contributed by atoms with Crippen LogP contribution < -0.4 is 0 Å². The van der Waals surface area contributed by atoms with Gasteiger partial charge in [-0.05, 0) is 69.0 Å². The van der Waals surface area contributed by atoms with Crippen molar-refractivity contribution in [2.24, 2.45) is 0 Å². The second-order valence-electron chi connectivity index (χ2n) is 13.8. The molecule has 5 aromatic carbocycles. The zero-order valence-corrected chi connectivity index (χ0v) is 28.7. The van der Waals surface area contributed by atoms with Gasteiger partial charge in [0.1, 0.15) is 0 Å². The Morgan fingerprint density at radius 2 is 1.02 bits per heavy atom. The molecule has 4 nitrogen and oxygen atoms in total. The Morgan fingerprint density at radius 1 is 0.490 bits per heavy atom. The first-order valence-corrected chi connectivity index (χ1v) is 17.6. The van der Waals surface area contributed by atoms with Crippen molar-refractivity contribution in [1.29, 1.82) is 0 Å². The predicted molar refractivity (Wildman–Crippen MR) is 209 cm³/mol. The molecule has 2 aliphatic carbocycles. The normalized spacial score (nSPS) is 14.3. The van der Waals surface area contributed by atoms with Crippen LogP contribution in [0, 0.1) is 0 Å². The van der Waals surface area contributed by atoms with E-state index in [0.717, 1.165) is 46.2 Å². The summed E-state index contributed by atoms with van der Waals surface area (Å²) in [6.45, 7) is 4.76. The van der Waals surface area contributed by atoms with Crippen molar-refractivity contribution in [2.45, 2.75) is 32.1 Å². The fourth-order valence-electron chi connectivity index (χ4n) is 7.66. The Labute approximate surface area is 299 Å². The van der Waals surface area contributed by atoms with Gasteiger partial charge in [-0.25, -0.2) is 15.0 Å². The average molecular weight is 657 g/mol. The van der Waals surface area contributed by atoms with Crippen LogP contribution in [0.3, 0.4) is 0 Å². The second-order valence-corrected chi connectivity index (χ2v) is 13.8. The highest BCUT2D eigenvalue weighted by Crippen LogP contribution is 2.52. The summed E-state index contributed by atoms with van der Waals surface area (Å²) in [7, 11) is 0. The van der Waals surface area contributed by atoms with E-state index in [1.54, 1.807) is 11.8 Å². The molecule has 0 radical (unpaired) electrons. The molecule has 0 aliphatic heterocycles. The number of aromatic nitrogens is 4. The molecule has 2 aliphatic rings. The number of fused-ring (bicyclic) bond motifs is 2. The topological polar surface area (TPSA) is 51.6 Å². The highest BCUT2D eigenvalue weighted by atomic mass is 15.0. The number of allylic oxidation sites excluding steroid dienone is 4. The van der Waals surface area contributed by atoms with Crippen LogP contribution in [-0.2, 0) is 5.41 Å². The van der Waals surface area contributed by atoms with Gasteiger partial charge in [0.25, 0.3) is 0 Å². The summed E-state index contributed by atoms with van der Waals surface area (Å²) in [5, 5.41) is 0. The first-order chi connectivity index (χ1) is 25.0. The van der Waals surface area contributed by atoms with Gasteiger partial charge in [-0.3, -0.25) is 4.98 Å². The molecule has 51 heavy (non-hydrogen) atoms. The van der Waals surface area contributed by atoms with Gasteiger partial charge in [-0.1, -0.05) is 159 Å². The number of pyridine rings is 1. The Kier molecular flexibility index (Phi) is 7.58. The van der Waals surface area contributed by atoms with Gasteiger partial charge >= 0.3 is 0 Å². The van der Waals surface area contributed by atoms with Gasteiger partial charge in [0.2, 0.25) is 0 Å². The molecular weight excluding hydrogens is 621 g/mol. The van der Waals surface area contributed by atoms with Crippen LogP contribution in [0.5, 0.6) is 0 Å². The van der Waals surface area contributed by atoms with E-state index in [9.17, 15) is 0 Å². The lowest BCUT2D eigenvalue weighted by atomic mass is 9.78. The predicted octanol–water partition coefficient (Wildman–Crippen LogP) is 11.7. The zero-order chi connectivity index (χ0) is 34.4. The minimum Gasteiger partial charge on any atom is -0.264 e. The number of hydrogen-bond donors (Lipinski definition) is 0. The third-order valence-corrected chi connectivity index (χ3v) is 10.4. The van der Waals surface area contributed by atoms with E-state index >= 15 is 0 Å². The third kappa shape index (κ3) is 5.59. The summed E-state index contributed by atoms with van der Waals surface area (Å²) in [5.41, 5.74) is 15.8. The third-order valence-electron chi connectivity index (χ3n) is 10.4. The maximum atomic E-state index is 4.97. The van der Waals surface area contributed by atoms with Crippen LogP contribution in [0.2, 0.25) is 0 Å². The molecule has 244 valence electrons. The van der Waals surface area contributed by atoms with E-state index in [1.165, 1.54) is 33.4 Å². The van der Waals surface area contributed by atoms with E-state index in [1.807, 2.05) is 42.6 Å². The molecule has 0 N–H and O–H groups in total. The molecule has 2 heterocycles. The molecule has 4 heteroatoms. The van der Waals surface area contributed by atoms with E-state index < -0.39 is 0 Å². The van der Waals surface area contributed by atoms with E-state index in [-0.39, 0.29) is 5.41 Å². The number of rotatable bonds is 6.